The summed E-state index contributed by atoms with van der Waals surface area (Å²) in [6.45, 7) is 0.318. The largest absolute Gasteiger partial charge is 0.480 e. The maximum atomic E-state index is 13.9. The van der Waals surface area contributed by atoms with Crippen LogP contribution >= 0.6 is 15.9 Å². The van der Waals surface area contributed by atoms with E-state index in [9.17, 15) is 18.0 Å². The van der Waals surface area contributed by atoms with Gasteiger partial charge in [-0.3, -0.25) is 4.79 Å². The number of methoxy groups -OCH3 is 1. The second kappa shape index (κ2) is 7.71. The van der Waals surface area contributed by atoms with Crippen LogP contribution < -0.4 is 9.64 Å². The van der Waals surface area contributed by atoms with E-state index >= 15 is 0 Å². The van der Waals surface area contributed by atoms with E-state index < -0.39 is 23.3 Å². The number of amides is 1. The molecule has 4 rings (SSSR count). The Hall–Kier alpha value is -2.95. The molecule has 0 spiro atoms. The van der Waals surface area contributed by atoms with Crippen LogP contribution in [0.3, 0.4) is 0 Å². The molecule has 0 fully saturated rings. The number of carbonyl (C=O) groups excluding carboxylic acids is 1. The summed E-state index contributed by atoms with van der Waals surface area (Å²) in [5.41, 5.74) is -0.252. The van der Waals surface area contributed by atoms with E-state index in [1.807, 2.05) is 6.07 Å². The summed E-state index contributed by atoms with van der Waals surface area (Å²) in [6.07, 6.45) is -2.52. The highest BCUT2D eigenvalue weighted by molar-refractivity contribution is 9.10. The molecule has 1 aromatic carbocycles. The molecule has 0 atom stereocenters. The molecule has 11 heteroatoms. The summed E-state index contributed by atoms with van der Waals surface area (Å²) in [5, 5.41) is 11.2. The fourth-order valence-corrected chi connectivity index (χ4v) is 3.82. The molecule has 0 aliphatic carbocycles. The minimum absolute atomic E-state index is 0.145. The van der Waals surface area contributed by atoms with Crippen LogP contribution in [0, 0.1) is 0 Å². The first-order chi connectivity index (χ1) is 14.3. The van der Waals surface area contributed by atoms with Crippen molar-refractivity contribution < 1.29 is 22.7 Å². The molecular formula is C19H15BrF3N5O2. The molecule has 0 N–H and O–H groups in total. The van der Waals surface area contributed by atoms with Crippen molar-refractivity contribution in [2.45, 2.75) is 19.0 Å². The Balaban J connectivity index is 1.78. The fourth-order valence-electron chi connectivity index (χ4n) is 3.41. The molecule has 2 aromatic heterocycles. The van der Waals surface area contributed by atoms with E-state index in [1.165, 1.54) is 24.1 Å². The van der Waals surface area contributed by atoms with Crippen LogP contribution in [0.25, 0.3) is 5.82 Å². The van der Waals surface area contributed by atoms with E-state index in [4.69, 9.17) is 4.74 Å². The van der Waals surface area contributed by atoms with Gasteiger partial charge in [-0.15, -0.1) is 10.2 Å². The summed E-state index contributed by atoms with van der Waals surface area (Å²) in [6, 6.07) is 8.00. The minimum atomic E-state index is -4.83. The van der Waals surface area contributed by atoms with Crippen LogP contribution in [-0.2, 0) is 12.6 Å². The molecule has 0 saturated carbocycles. The zero-order chi connectivity index (χ0) is 21.5. The second-order valence-electron chi connectivity index (χ2n) is 6.58. The highest BCUT2D eigenvalue weighted by Gasteiger charge is 2.42. The maximum absolute atomic E-state index is 13.9. The van der Waals surface area contributed by atoms with Crippen LogP contribution in [0.1, 0.15) is 28.0 Å². The van der Waals surface area contributed by atoms with Gasteiger partial charge in [-0.25, -0.2) is 4.68 Å². The lowest BCUT2D eigenvalue weighted by Crippen LogP contribution is -2.36. The Morgan fingerprint density at radius 2 is 2.00 bits per heavy atom. The number of aromatic nitrogens is 4. The first kappa shape index (κ1) is 20.3. The number of hydrogen-bond acceptors (Lipinski definition) is 5. The van der Waals surface area contributed by atoms with Gasteiger partial charge in [-0.1, -0.05) is 15.9 Å². The van der Waals surface area contributed by atoms with Gasteiger partial charge in [0.2, 0.25) is 5.88 Å². The lowest BCUT2D eigenvalue weighted by atomic mass is 10.0. The Morgan fingerprint density at radius 3 is 2.67 bits per heavy atom. The summed E-state index contributed by atoms with van der Waals surface area (Å²) in [5.74, 6) is -0.796. The summed E-state index contributed by atoms with van der Waals surface area (Å²) in [4.78, 5) is 14.5. The standard InChI is InChI=1S/C19H15BrF3N5O2/c1-30-16-7-6-15(25-26-16)28-17(19(21,22)23)13(10-24-28)18(29)27-8-2-3-11-9-12(20)4-5-14(11)27/h4-7,9-10H,2-3,8H2,1H3. The molecule has 156 valence electrons. The van der Waals surface area contributed by atoms with Gasteiger partial charge in [0.25, 0.3) is 5.91 Å². The van der Waals surface area contributed by atoms with Crippen LogP contribution in [-0.4, -0.2) is 39.5 Å². The van der Waals surface area contributed by atoms with E-state index in [0.717, 1.165) is 22.7 Å². The predicted octanol–water partition coefficient (Wildman–Crippen LogP) is 4.05. The van der Waals surface area contributed by atoms with Crippen LogP contribution in [0.15, 0.2) is 41.0 Å². The summed E-state index contributed by atoms with van der Waals surface area (Å²) < 4.78 is 48.1. The van der Waals surface area contributed by atoms with Crippen molar-refractivity contribution in [1.29, 1.82) is 0 Å². The number of carbonyl (C=O) groups is 1. The van der Waals surface area contributed by atoms with Gasteiger partial charge >= 0.3 is 6.18 Å². The number of rotatable bonds is 3. The van der Waals surface area contributed by atoms with Gasteiger partial charge in [0.15, 0.2) is 11.5 Å². The minimum Gasteiger partial charge on any atom is -0.480 e. The molecule has 1 amide bonds. The molecule has 3 aromatic rings. The van der Waals surface area contributed by atoms with Crippen molar-refractivity contribution in [2.75, 3.05) is 18.6 Å². The second-order valence-corrected chi connectivity index (χ2v) is 7.50. The van der Waals surface area contributed by atoms with Gasteiger partial charge < -0.3 is 9.64 Å². The van der Waals surface area contributed by atoms with Crippen molar-refractivity contribution in [3.8, 4) is 11.7 Å². The van der Waals surface area contributed by atoms with Crippen molar-refractivity contribution >= 4 is 27.5 Å². The van der Waals surface area contributed by atoms with E-state index in [-0.39, 0.29) is 11.7 Å². The maximum Gasteiger partial charge on any atom is 0.434 e. The molecule has 3 heterocycles. The zero-order valence-corrected chi connectivity index (χ0v) is 17.2. The number of halogens is 4. The van der Waals surface area contributed by atoms with Gasteiger partial charge in [0, 0.05) is 22.8 Å². The molecule has 1 aliphatic rings. The normalized spacial score (nSPS) is 13.8. The monoisotopic (exact) mass is 481 g/mol. The van der Waals surface area contributed by atoms with E-state index in [2.05, 4.69) is 31.2 Å². The van der Waals surface area contributed by atoms with E-state index in [0.29, 0.717) is 23.3 Å². The van der Waals surface area contributed by atoms with Gasteiger partial charge in [0.05, 0.1) is 18.9 Å². The molecule has 30 heavy (non-hydrogen) atoms. The Bertz CT molecular complexity index is 1100. The topological polar surface area (TPSA) is 73.1 Å². The molecule has 0 unspecified atom stereocenters. The third-order valence-electron chi connectivity index (χ3n) is 4.73. The Kier molecular flexibility index (Phi) is 5.22. The van der Waals surface area contributed by atoms with Crippen LogP contribution in [0.4, 0.5) is 18.9 Å². The third kappa shape index (κ3) is 3.64. The first-order valence-corrected chi connectivity index (χ1v) is 9.72. The molecular weight excluding hydrogens is 467 g/mol. The van der Waals surface area contributed by atoms with Gasteiger partial charge in [-0.05, 0) is 42.7 Å². The molecule has 0 radical (unpaired) electrons. The number of fused-ring (bicyclic) bond motifs is 1. The Morgan fingerprint density at radius 1 is 1.20 bits per heavy atom. The number of nitrogens with zero attached hydrogens (tertiary/aromatic N) is 5. The van der Waals surface area contributed by atoms with Crippen molar-refractivity contribution in [2.24, 2.45) is 0 Å². The average Bonchev–Trinajstić information content (AvgIpc) is 3.18. The number of alkyl halides is 3. The lowest BCUT2D eigenvalue weighted by molar-refractivity contribution is -0.143. The quantitative estimate of drug-likeness (QED) is 0.564. The lowest BCUT2D eigenvalue weighted by Gasteiger charge is -2.29. The van der Waals surface area contributed by atoms with Crippen molar-refractivity contribution in [3.05, 3.63) is 57.8 Å². The SMILES string of the molecule is COc1ccc(-n2ncc(C(=O)N3CCCc4cc(Br)ccc43)c2C(F)(F)F)nn1. The number of benzene rings is 1. The van der Waals surface area contributed by atoms with Crippen molar-refractivity contribution in [3.63, 3.8) is 0 Å². The zero-order valence-electron chi connectivity index (χ0n) is 15.6. The molecule has 1 aliphatic heterocycles. The molecule has 7 nitrogen and oxygen atoms in total. The van der Waals surface area contributed by atoms with Gasteiger partial charge in [0.1, 0.15) is 0 Å². The summed E-state index contributed by atoms with van der Waals surface area (Å²) >= 11 is 3.38. The number of hydrogen-bond donors (Lipinski definition) is 0. The first-order valence-electron chi connectivity index (χ1n) is 8.93. The third-order valence-corrected chi connectivity index (χ3v) is 5.22. The average molecular weight is 482 g/mol. The molecule has 0 saturated heterocycles. The van der Waals surface area contributed by atoms with Gasteiger partial charge in [-0.2, -0.15) is 18.3 Å². The smallest absolute Gasteiger partial charge is 0.434 e. The highest BCUT2D eigenvalue weighted by atomic mass is 79.9. The number of aryl methyl sites for hydroxylation is 1. The number of ether oxygens (including phenoxy) is 1. The van der Waals surface area contributed by atoms with Crippen LogP contribution in [0.2, 0.25) is 0 Å². The summed E-state index contributed by atoms with van der Waals surface area (Å²) in [7, 11) is 1.37. The predicted molar refractivity (Wildman–Crippen MR) is 105 cm³/mol. The fraction of sp³-hybridized carbons (Fsp3) is 0.263. The van der Waals surface area contributed by atoms with Crippen LogP contribution in [0.5, 0.6) is 5.88 Å². The van der Waals surface area contributed by atoms with Crippen molar-refractivity contribution in [1.82, 2.24) is 20.0 Å². The highest BCUT2D eigenvalue weighted by Crippen LogP contribution is 2.36. The molecule has 0 bridgehead atoms. The number of anilines is 1. The Labute approximate surface area is 177 Å². The van der Waals surface area contributed by atoms with E-state index in [1.54, 1.807) is 12.1 Å².